The van der Waals surface area contributed by atoms with Gasteiger partial charge in [-0.25, -0.2) is 9.79 Å². The fourth-order valence-electron chi connectivity index (χ4n) is 4.12. The Balaban J connectivity index is 1.57. The highest BCUT2D eigenvalue weighted by Crippen LogP contribution is 2.32. The van der Waals surface area contributed by atoms with Crippen LogP contribution in [-0.2, 0) is 20.7 Å². The molecule has 0 spiro atoms. The number of hydrogen-bond donors (Lipinski definition) is 1. The van der Waals surface area contributed by atoms with Crippen molar-refractivity contribution in [3.8, 4) is 11.5 Å². The summed E-state index contributed by atoms with van der Waals surface area (Å²) in [5.74, 6) is 0.305. The molecule has 1 aliphatic heterocycles. The van der Waals surface area contributed by atoms with Gasteiger partial charge in [0.1, 0.15) is 5.25 Å². The van der Waals surface area contributed by atoms with Crippen molar-refractivity contribution in [3.05, 3.63) is 82.3 Å². The molecule has 3 aromatic carbocycles. The highest BCUT2D eigenvalue weighted by molar-refractivity contribution is 9.10. The van der Waals surface area contributed by atoms with Crippen molar-refractivity contribution in [2.75, 3.05) is 32.7 Å². The minimum absolute atomic E-state index is 0.0251. The molecule has 41 heavy (non-hydrogen) atoms. The molecule has 0 aliphatic carbocycles. The highest BCUT2D eigenvalue weighted by atomic mass is 79.9. The molecule has 214 valence electrons. The average molecular weight is 641 g/mol. The number of thioether (sulfide) groups is 1. The number of halogens is 1. The average Bonchev–Trinajstić information content (AvgIpc) is 2.97. The topological polar surface area (TPSA) is 107 Å². The summed E-state index contributed by atoms with van der Waals surface area (Å²) in [5, 5.41) is 2.63. The molecule has 11 heteroatoms. The monoisotopic (exact) mass is 639 g/mol. The third-order valence-corrected chi connectivity index (χ3v) is 7.88. The lowest BCUT2D eigenvalue weighted by molar-refractivity contribution is -0.129. The van der Waals surface area contributed by atoms with E-state index in [2.05, 4.69) is 21.2 Å². The number of carbonyl (C=O) groups is 3. The first-order valence-electron chi connectivity index (χ1n) is 12.9. The molecule has 1 aliphatic rings. The van der Waals surface area contributed by atoms with Crippen molar-refractivity contribution in [2.24, 2.45) is 4.99 Å². The SMILES string of the molecule is CCOC(=O)c1ccc(N=C2SC(C(=O)Nc3cccc(Br)c3)CC(=O)N2CCc2ccc(OC)c(OC)c2)cc1. The molecule has 1 N–H and O–H groups in total. The van der Waals surface area contributed by atoms with E-state index in [4.69, 9.17) is 19.2 Å². The van der Waals surface area contributed by atoms with E-state index in [0.29, 0.717) is 46.6 Å². The third-order valence-electron chi connectivity index (χ3n) is 6.20. The second-order valence-electron chi connectivity index (χ2n) is 8.96. The van der Waals surface area contributed by atoms with Gasteiger partial charge < -0.3 is 19.5 Å². The third kappa shape index (κ3) is 7.89. The van der Waals surface area contributed by atoms with Crippen molar-refractivity contribution in [3.63, 3.8) is 0 Å². The Hall–Kier alpha value is -3.83. The Labute approximate surface area is 251 Å². The first-order valence-corrected chi connectivity index (χ1v) is 14.6. The van der Waals surface area contributed by atoms with Gasteiger partial charge >= 0.3 is 5.97 Å². The van der Waals surface area contributed by atoms with Crippen LogP contribution in [-0.4, -0.2) is 60.5 Å². The number of hydrogen-bond acceptors (Lipinski definition) is 8. The number of anilines is 1. The van der Waals surface area contributed by atoms with Crippen molar-refractivity contribution in [1.29, 1.82) is 0 Å². The minimum atomic E-state index is -0.670. The number of benzene rings is 3. The van der Waals surface area contributed by atoms with Crippen molar-refractivity contribution in [1.82, 2.24) is 4.90 Å². The van der Waals surface area contributed by atoms with E-state index in [-0.39, 0.29) is 24.8 Å². The fourth-order valence-corrected chi connectivity index (χ4v) is 5.65. The van der Waals surface area contributed by atoms with Gasteiger partial charge in [0.15, 0.2) is 16.7 Å². The van der Waals surface area contributed by atoms with E-state index in [9.17, 15) is 14.4 Å². The van der Waals surface area contributed by atoms with E-state index in [1.165, 1.54) is 11.8 Å². The summed E-state index contributed by atoms with van der Waals surface area (Å²) in [7, 11) is 3.15. The second kappa shape index (κ2) is 14.2. The fraction of sp³-hybridized carbons (Fsp3) is 0.267. The number of aliphatic imine (C=N–C) groups is 1. The normalized spacial score (nSPS) is 15.9. The van der Waals surface area contributed by atoms with Crippen LogP contribution in [0.25, 0.3) is 0 Å². The van der Waals surface area contributed by atoms with Gasteiger partial charge in [0.05, 0.1) is 32.1 Å². The van der Waals surface area contributed by atoms with Gasteiger partial charge in [-0.05, 0) is 73.5 Å². The van der Waals surface area contributed by atoms with Crippen LogP contribution in [0, 0.1) is 0 Å². The van der Waals surface area contributed by atoms with Crippen LogP contribution in [0.15, 0.2) is 76.2 Å². The molecular formula is C30H30BrN3O6S. The number of rotatable bonds is 10. The molecule has 2 amide bonds. The van der Waals surface area contributed by atoms with Gasteiger partial charge in [0.2, 0.25) is 11.8 Å². The first kappa shape index (κ1) is 30.1. The molecule has 0 saturated carbocycles. The smallest absolute Gasteiger partial charge is 0.338 e. The predicted octanol–water partition coefficient (Wildman–Crippen LogP) is 5.85. The molecular weight excluding hydrogens is 610 g/mol. The summed E-state index contributed by atoms with van der Waals surface area (Å²) in [5.41, 5.74) is 2.52. The lowest BCUT2D eigenvalue weighted by atomic mass is 10.1. The second-order valence-corrected chi connectivity index (χ2v) is 11.0. The van der Waals surface area contributed by atoms with Gasteiger partial charge in [-0.1, -0.05) is 39.8 Å². The molecule has 0 radical (unpaired) electrons. The van der Waals surface area contributed by atoms with Crippen LogP contribution in [0.4, 0.5) is 11.4 Å². The summed E-state index contributed by atoms with van der Waals surface area (Å²) in [6, 6.07) is 19.5. The molecule has 1 fully saturated rings. The molecule has 1 atom stereocenters. The molecule has 1 unspecified atom stereocenters. The van der Waals surface area contributed by atoms with Gasteiger partial charge in [-0.2, -0.15) is 0 Å². The Kier molecular flexibility index (Phi) is 10.4. The Morgan fingerprint density at radius 1 is 1.05 bits per heavy atom. The highest BCUT2D eigenvalue weighted by Gasteiger charge is 2.36. The number of esters is 1. The number of nitrogens with zero attached hydrogens (tertiary/aromatic N) is 2. The lowest BCUT2D eigenvalue weighted by Crippen LogP contribution is -2.46. The lowest BCUT2D eigenvalue weighted by Gasteiger charge is -2.32. The zero-order valence-corrected chi connectivity index (χ0v) is 25.3. The summed E-state index contributed by atoms with van der Waals surface area (Å²) < 4.78 is 16.6. The first-order chi connectivity index (χ1) is 19.8. The van der Waals surface area contributed by atoms with E-state index < -0.39 is 11.2 Å². The summed E-state index contributed by atoms with van der Waals surface area (Å²) in [6.45, 7) is 2.37. The Morgan fingerprint density at radius 2 is 1.80 bits per heavy atom. The van der Waals surface area contributed by atoms with E-state index in [1.807, 2.05) is 30.3 Å². The Morgan fingerprint density at radius 3 is 2.49 bits per heavy atom. The van der Waals surface area contributed by atoms with E-state index >= 15 is 0 Å². The van der Waals surface area contributed by atoms with Gasteiger partial charge in [0.25, 0.3) is 0 Å². The maximum atomic E-state index is 13.4. The number of methoxy groups -OCH3 is 2. The van der Waals surface area contributed by atoms with Crippen LogP contribution in [0.3, 0.4) is 0 Å². The molecule has 1 heterocycles. The number of nitrogens with one attached hydrogen (secondary N) is 1. The van der Waals surface area contributed by atoms with Gasteiger partial charge in [0, 0.05) is 23.1 Å². The maximum absolute atomic E-state index is 13.4. The zero-order valence-electron chi connectivity index (χ0n) is 22.9. The molecule has 4 rings (SSSR count). The number of carbonyl (C=O) groups excluding carboxylic acids is 3. The largest absolute Gasteiger partial charge is 0.493 e. The van der Waals surface area contributed by atoms with Crippen LogP contribution in [0.2, 0.25) is 0 Å². The maximum Gasteiger partial charge on any atom is 0.338 e. The Bertz CT molecular complexity index is 1450. The summed E-state index contributed by atoms with van der Waals surface area (Å²) in [4.78, 5) is 45.0. The van der Waals surface area contributed by atoms with Crippen molar-refractivity contribution in [2.45, 2.75) is 25.0 Å². The van der Waals surface area contributed by atoms with E-state index in [0.717, 1.165) is 10.0 Å². The van der Waals surface area contributed by atoms with Crippen molar-refractivity contribution >= 4 is 62.0 Å². The number of amides is 2. The van der Waals surface area contributed by atoms with Crippen LogP contribution in [0.1, 0.15) is 29.3 Å². The van der Waals surface area contributed by atoms with E-state index in [1.54, 1.807) is 62.4 Å². The molecule has 0 aromatic heterocycles. The summed E-state index contributed by atoms with van der Waals surface area (Å²) in [6.07, 6.45) is 0.555. The number of ether oxygens (including phenoxy) is 3. The quantitative estimate of drug-likeness (QED) is 0.278. The minimum Gasteiger partial charge on any atom is -0.493 e. The zero-order chi connectivity index (χ0) is 29.4. The van der Waals surface area contributed by atoms with Crippen molar-refractivity contribution < 1.29 is 28.6 Å². The van der Waals surface area contributed by atoms with Gasteiger partial charge in [-0.15, -0.1) is 0 Å². The van der Waals surface area contributed by atoms with Crippen LogP contribution < -0.4 is 14.8 Å². The predicted molar refractivity (Wildman–Crippen MR) is 163 cm³/mol. The van der Waals surface area contributed by atoms with Gasteiger partial charge in [-0.3, -0.25) is 14.5 Å². The molecule has 0 bridgehead atoms. The molecule has 9 nitrogen and oxygen atoms in total. The standard InChI is InChI=1S/C30H30BrN3O6S/c1-4-40-29(37)20-9-11-22(12-10-20)33-30-34(15-14-19-8-13-24(38-2)25(16-19)39-3)27(35)18-26(41-30)28(36)32-23-7-5-6-21(31)17-23/h5-13,16-17,26H,4,14-15,18H2,1-3H3,(H,32,36). The van der Waals surface area contributed by atoms with Crippen LogP contribution in [0.5, 0.6) is 11.5 Å². The summed E-state index contributed by atoms with van der Waals surface area (Å²) >= 11 is 4.64. The molecule has 1 saturated heterocycles. The molecule has 3 aromatic rings. The number of amidine groups is 1. The van der Waals surface area contributed by atoms with Crippen LogP contribution >= 0.6 is 27.7 Å².